The Morgan fingerprint density at radius 1 is 0.436 bits per heavy atom. The molecule has 2 aliphatic rings. The van der Waals surface area contributed by atoms with Crippen molar-refractivity contribution in [1.82, 2.24) is 85.1 Å². The number of phenols is 1. The highest BCUT2D eigenvalue weighted by Gasteiger charge is 2.43. The third-order valence-electron chi connectivity index (χ3n) is 22.5. The van der Waals surface area contributed by atoms with Crippen LogP contribution in [0.2, 0.25) is 0 Å². The first-order chi connectivity index (χ1) is 66.4. The number of hydrogen-bond donors (Lipinski definition) is 25. The summed E-state index contributed by atoms with van der Waals surface area (Å²) in [6, 6.07) is -14.7. The SMILES string of the molecule is CCCCC[C@@H](NC(=O)[C@H](Cc1ccc(O)cc1)NC(=O)CNC(=O)[C@H](CCC(N)=O)NC(=O)[C@@H](CCC(C)=O)NC(=O)[C@H](CCCCN)NC(=O)[C@@H](CO)NC(=O)C(NC(=O)[C@@H](C)CC(=O)CCOCCOCCOCCOCCOCCNC(=O)CCCC[C@@H]1CC[C@H]2NC(=O)N[C@@H]12)[C@H](C)O)C(=O)N[C@@H](C)C(=O)N[C@@H](CC(N)=O)C(=O)NC(C(=O)N[C@H](CCC(=O)O)C(=O)N[C@@H](C)C(N)=O)[C@@H](C)O. The van der Waals surface area contributed by atoms with Crippen LogP contribution in [0.5, 0.6) is 5.75 Å². The minimum absolute atomic E-state index is 0.0123. The summed E-state index contributed by atoms with van der Waals surface area (Å²) >= 11 is 0. The Kier molecular flexibility index (Phi) is 58.5. The number of benzene rings is 1. The van der Waals surface area contributed by atoms with E-state index >= 15 is 0 Å². The summed E-state index contributed by atoms with van der Waals surface area (Å²) in [4.78, 5) is 278. The number of aliphatic hydroxyl groups excluding tert-OH is 3. The van der Waals surface area contributed by atoms with Gasteiger partial charge in [0.25, 0.3) is 0 Å². The Hall–Kier alpha value is -12.3. The first-order valence-electron chi connectivity index (χ1n) is 47.1. The second kappa shape index (κ2) is 67.1. The molecule has 0 spiro atoms. The van der Waals surface area contributed by atoms with Crippen molar-refractivity contribution in [3.8, 4) is 5.75 Å². The Morgan fingerprint density at radius 2 is 0.900 bits per heavy atom. The second-order valence-electron chi connectivity index (χ2n) is 34.4. The van der Waals surface area contributed by atoms with E-state index in [-0.39, 0.29) is 133 Å². The Labute approximate surface area is 811 Å². The van der Waals surface area contributed by atoms with Crippen molar-refractivity contribution < 1.29 is 150 Å². The predicted molar refractivity (Wildman–Crippen MR) is 496 cm³/mol. The fourth-order valence-corrected chi connectivity index (χ4v) is 14.5. The van der Waals surface area contributed by atoms with Gasteiger partial charge in [0.15, 0.2) is 0 Å². The number of nitrogens with two attached hydrogens (primary N) is 4. The smallest absolute Gasteiger partial charge is 0.315 e. The summed E-state index contributed by atoms with van der Waals surface area (Å²) in [7, 11) is 0. The fourth-order valence-electron chi connectivity index (χ4n) is 14.5. The molecule has 18 atom stereocenters. The summed E-state index contributed by atoms with van der Waals surface area (Å²) in [5.41, 5.74) is 22.2. The molecule has 2 fully saturated rings. The highest BCUT2D eigenvalue weighted by molar-refractivity contribution is 6.01. The van der Waals surface area contributed by atoms with Crippen molar-refractivity contribution in [2.24, 2.45) is 34.8 Å². The molecule has 3 rings (SSSR count). The number of rotatable bonds is 76. The van der Waals surface area contributed by atoms with Crippen molar-refractivity contribution in [3.63, 3.8) is 0 Å². The molecule has 29 N–H and O–H groups in total. The van der Waals surface area contributed by atoms with Crippen LogP contribution < -0.4 is 108 Å². The zero-order valence-electron chi connectivity index (χ0n) is 80.5. The number of primary amides is 3. The lowest BCUT2D eigenvalue weighted by molar-refractivity contribution is -0.139. The molecular weight excluding hydrogens is 1850 g/mol. The number of amides is 19. The number of aliphatic carboxylic acids is 1. The van der Waals surface area contributed by atoms with E-state index in [9.17, 15) is 126 Å². The van der Waals surface area contributed by atoms with Crippen LogP contribution in [0, 0.1) is 11.8 Å². The Bertz CT molecular complexity index is 4230. The van der Waals surface area contributed by atoms with E-state index in [4.69, 9.17) is 46.6 Å². The van der Waals surface area contributed by atoms with Gasteiger partial charge in [-0.3, -0.25) is 91.1 Å². The molecule has 788 valence electrons. The number of hydrogen-bond acceptors (Lipinski definition) is 31. The quantitative estimate of drug-likeness (QED) is 0.0269. The monoisotopic (exact) mass is 1990 g/mol. The number of unbranched alkanes of at least 4 members (excludes halogenated alkanes) is 4. The lowest BCUT2D eigenvalue weighted by atomic mass is 9.96. The van der Waals surface area contributed by atoms with Crippen molar-refractivity contribution in [1.29, 1.82) is 0 Å². The largest absolute Gasteiger partial charge is 0.508 e. The zero-order chi connectivity index (χ0) is 105. The van der Waals surface area contributed by atoms with Gasteiger partial charge in [0.1, 0.15) is 89.8 Å². The van der Waals surface area contributed by atoms with Gasteiger partial charge in [-0.05, 0) is 135 Å². The lowest BCUT2D eigenvalue weighted by Gasteiger charge is -2.27. The number of aliphatic hydroxyl groups is 3. The first kappa shape index (κ1) is 122. The summed E-state index contributed by atoms with van der Waals surface area (Å²) in [6.45, 7) is 9.76. The van der Waals surface area contributed by atoms with Crippen molar-refractivity contribution >= 4 is 124 Å². The molecule has 0 bridgehead atoms. The number of carboxylic acids is 1. The number of fused-ring (bicyclic) bond motifs is 1. The van der Waals surface area contributed by atoms with Gasteiger partial charge < -0.3 is 162 Å². The summed E-state index contributed by atoms with van der Waals surface area (Å²) < 4.78 is 27.6. The number of carbonyl (C=O) groups is 21. The topological polar surface area (TPSA) is 802 Å². The number of carbonyl (C=O) groups excluding carboxylic acids is 20. The third-order valence-corrected chi connectivity index (χ3v) is 22.5. The van der Waals surface area contributed by atoms with Crippen LogP contribution in [0.15, 0.2) is 24.3 Å². The van der Waals surface area contributed by atoms with Gasteiger partial charge in [0.05, 0.1) is 110 Å². The summed E-state index contributed by atoms with van der Waals surface area (Å²) in [6.07, 6.45) is -1.70. The number of nitrogens with one attached hydrogen (secondary N) is 16. The molecule has 51 nitrogen and oxygen atoms in total. The Morgan fingerprint density at radius 3 is 1.41 bits per heavy atom. The number of aromatic hydroxyl groups is 1. The average molecular weight is 1990 g/mol. The number of ether oxygens (including phenoxy) is 5. The number of phenolic OH excluding ortho intramolecular Hbond substituents is 1. The molecule has 51 heteroatoms. The normalized spacial score (nSPS) is 16.8. The molecule has 1 aromatic carbocycles. The highest BCUT2D eigenvalue weighted by atomic mass is 16.6. The van der Waals surface area contributed by atoms with Crippen LogP contribution in [-0.2, 0) is 126 Å². The fraction of sp³-hybridized carbons (Fsp3) is 0.697. The van der Waals surface area contributed by atoms with E-state index in [1.54, 1.807) is 0 Å². The first-order valence-corrected chi connectivity index (χ1v) is 47.1. The molecular formula is C89H146N20O31. The van der Waals surface area contributed by atoms with Gasteiger partial charge in [0.2, 0.25) is 100 Å². The van der Waals surface area contributed by atoms with Crippen LogP contribution in [0.3, 0.4) is 0 Å². The second-order valence-corrected chi connectivity index (χ2v) is 34.4. The molecule has 19 amide bonds. The molecule has 1 saturated heterocycles. The molecule has 1 saturated carbocycles. The van der Waals surface area contributed by atoms with E-state index in [1.807, 2.05) is 6.92 Å². The van der Waals surface area contributed by atoms with Crippen LogP contribution >= 0.6 is 0 Å². The molecule has 0 aromatic heterocycles. The van der Waals surface area contributed by atoms with Crippen LogP contribution in [0.1, 0.15) is 195 Å². The minimum Gasteiger partial charge on any atom is -0.508 e. The zero-order valence-corrected chi connectivity index (χ0v) is 80.5. The standard InChI is InChI=1S/C89H146N20O31/c1-8-9-10-16-60(80(126)97-52(5)78(124)104-66(46-69(92)117)85(131)108-74(54(7)113)87(133)103-64(28-30-72(120)121)81(127)96-51(4)76(93)122)99-84(130)65(45-55-20-23-57(114)24-21-55)98-71(119)47-95-79(125)62(27-29-68(91)116)101-83(129)63(25-19-50(3)111)102-82(128)61(17-13-14-32-90)100-86(132)67(48-110)105-88(134)73(53(6)112)107-77(123)49(2)44-58(115)31-34-136-36-38-138-40-42-140-43-41-139-39-37-137-35-33-94-70(118)18-12-11-15-56-22-26-59-75(56)109-89(135)106-59/h20-21,23-24,49,51-54,56,59-67,73-75,110,112-114H,8-19,22,25-48,90H2,1-7H3,(H2,91,116)(H2,92,117)(H2,93,122)(H,94,118)(H,95,125)(H,96,127)(H,97,126)(H,98,119)(H,99,130)(H,100,132)(H,101,129)(H,102,128)(H,103,133)(H,104,124)(H,105,134)(H,107,123)(H,108,131)(H,120,121)(H2,106,109,135)/t49-,51-,52-,53-,54+,56+,59+,60+,61-,62-,63+,64+,65-,66-,67+,73?,74?,75-/m0/s1. The van der Waals surface area contributed by atoms with Gasteiger partial charge in [-0.1, -0.05) is 51.7 Å². The number of carboxylic acid groups (broad SMARTS) is 1. The van der Waals surface area contributed by atoms with Crippen molar-refractivity contribution in [2.75, 3.05) is 92.3 Å². The number of Topliss-reactive ketones (excluding diaryl/α,β-unsaturated/α-hetero) is 2. The molecule has 0 radical (unpaired) electrons. The van der Waals surface area contributed by atoms with E-state index in [0.717, 1.165) is 59.8 Å². The van der Waals surface area contributed by atoms with Gasteiger partial charge in [-0.15, -0.1) is 0 Å². The van der Waals surface area contributed by atoms with Crippen LogP contribution in [0.25, 0.3) is 0 Å². The highest BCUT2D eigenvalue weighted by Crippen LogP contribution is 2.33. The maximum atomic E-state index is 14.5. The van der Waals surface area contributed by atoms with E-state index in [2.05, 4.69) is 85.1 Å². The molecule has 1 aliphatic carbocycles. The van der Waals surface area contributed by atoms with Crippen LogP contribution in [-0.4, -0.2) is 339 Å². The molecule has 2 unspecified atom stereocenters. The Balaban J connectivity index is 1.61. The molecule has 1 aliphatic heterocycles. The minimum atomic E-state index is -1.97. The lowest BCUT2D eigenvalue weighted by Crippen LogP contribution is -2.61. The van der Waals surface area contributed by atoms with E-state index in [0.29, 0.717) is 70.3 Å². The van der Waals surface area contributed by atoms with Crippen LogP contribution in [0.4, 0.5) is 4.79 Å². The maximum absolute atomic E-state index is 14.5. The van der Waals surface area contributed by atoms with Crippen molar-refractivity contribution in [2.45, 2.75) is 293 Å². The molecule has 140 heavy (non-hydrogen) atoms. The van der Waals surface area contributed by atoms with Gasteiger partial charge >= 0.3 is 12.0 Å². The van der Waals surface area contributed by atoms with Gasteiger partial charge in [0, 0.05) is 57.4 Å². The summed E-state index contributed by atoms with van der Waals surface area (Å²) in [5.74, 6) is -20.8. The number of ketones is 2. The maximum Gasteiger partial charge on any atom is 0.315 e. The number of urea groups is 1. The third kappa shape index (κ3) is 49.5. The summed E-state index contributed by atoms with van der Waals surface area (Å²) in [5, 5.41) is 90.3. The van der Waals surface area contributed by atoms with Gasteiger partial charge in [-0.25, -0.2) is 4.79 Å². The van der Waals surface area contributed by atoms with Gasteiger partial charge in [-0.2, -0.15) is 0 Å². The van der Waals surface area contributed by atoms with Crippen molar-refractivity contribution in [3.05, 3.63) is 29.8 Å². The molecule has 1 aromatic rings. The van der Waals surface area contributed by atoms with E-state index < -0.39 is 249 Å². The molecule has 1 heterocycles. The predicted octanol–water partition coefficient (Wildman–Crippen LogP) is -7.56. The average Bonchev–Trinajstić information content (AvgIpc) is 1.66. The van der Waals surface area contributed by atoms with E-state index in [1.165, 1.54) is 38.1 Å².